The van der Waals surface area contributed by atoms with Crippen molar-refractivity contribution >= 4 is 12.0 Å². The third kappa shape index (κ3) is 3.55. The lowest BCUT2D eigenvalue weighted by atomic mass is 9.77. The van der Waals surface area contributed by atoms with Gasteiger partial charge in [-0.1, -0.05) is 48.6 Å². The Morgan fingerprint density at radius 2 is 2.17 bits per heavy atom. The Bertz CT molecular complexity index is 643. The summed E-state index contributed by atoms with van der Waals surface area (Å²) in [6, 6.07) is 10.5. The summed E-state index contributed by atoms with van der Waals surface area (Å²) in [6.45, 7) is 2.25. The first-order valence-electron chi connectivity index (χ1n) is 8.36. The highest BCUT2D eigenvalue weighted by Gasteiger charge is 2.33. The molecule has 2 unspecified atom stereocenters. The van der Waals surface area contributed by atoms with Crippen LogP contribution in [0.15, 0.2) is 59.8 Å². The van der Waals surface area contributed by atoms with Crippen LogP contribution < -0.4 is 5.32 Å². The first kappa shape index (κ1) is 15.6. The Morgan fingerprint density at radius 3 is 2.96 bits per heavy atom. The van der Waals surface area contributed by atoms with Crippen LogP contribution in [0.1, 0.15) is 31.7 Å². The predicted molar refractivity (Wildman–Crippen MR) is 92.5 cm³/mol. The summed E-state index contributed by atoms with van der Waals surface area (Å²) in [5.74, 6) is 0.122. The second-order valence-electron chi connectivity index (χ2n) is 5.94. The number of esters is 1. The van der Waals surface area contributed by atoms with Gasteiger partial charge in [0.2, 0.25) is 0 Å². The Balaban J connectivity index is 1.82. The van der Waals surface area contributed by atoms with Gasteiger partial charge in [0.1, 0.15) is 0 Å². The van der Waals surface area contributed by atoms with Crippen molar-refractivity contribution in [3.05, 3.63) is 65.4 Å². The summed E-state index contributed by atoms with van der Waals surface area (Å²) < 4.78 is 5.19. The number of carbonyl (C=O) groups excluding carboxylic acids is 1. The number of carbonyl (C=O) groups is 1. The van der Waals surface area contributed by atoms with Crippen molar-refractivity contribution in [1.82, 2.24) is 5.32 Å². The molecule has 2 aliphatic rings. The number of benzene rings is 1. The van der Waals surface area contributed by atoms with Crippen LogP contribution in [-0.2, 0) is 9.53 Å². The molecule has 3 rings (SSSR count). The van der Waals surface area contributed by atoms with E-state index in [0.717, 1.165) is 18.4 Å². The largest absolute Gasteiger partial charge is 0.462 e. The van der Waals surface area contributed by atoms with E-state index in [1.807, 2.05) is 31.3 Å². The summed E-state index contributed by atoms with van der Waals surface area (Å²) in [5.41, 5.74) is 3.04. The Labute approximate surface area is 137 Å². The van der Waals surface area contributed by atoms with Crippen LogP contribution in [0.2, 0.25) is 0 Å². The maximum Gasteiger partial charge on any atom is 0.339 e. The smallest absolute Gasteiger partial charge is 0.339 e. The van der Waals surface area contributed by atoms with Gasteiger partial charge in [-0.2, -0.15) is 0 Å². The second-order valence-corrected chi connectivity index (χ2v) is 5.94. The summed E-state index contributed by atoms with van der Waals surface area (Å²) >= 11 is 0. The van der Waals surface area contributed by atoms with Crippen molar-refractivity contribution in [3.8, 4) is 0 Å². The molecular formula is C20H23NO2. The second kappa shape index (κ2) is 7.32. The van der Waals surface area contributed by atoms with Gasteiger partial charge in [0.05, 0.1) is 18.2 Å². The molecule has 0 saturated carbocycles. The van der Waals surface area contributed by atoms with E-state index in [9.17, 15) is 4.79 Å². The fraction of sp³-hybridized carbons (Fsp3) is 0.350. The highest BCUT2D eigenvalue weighted by molar-refractivity contribution is 5.94. The van der Waals surface area contributed by atoms with Gasteiger partial charge in [-0.15, -0.1) is 0 Å². The molecule has 1 aliphatic carbocycles. The van der Waals surface area contributed by atoms with Crippen molar-refractivity contribution < 1.29 is 9.53 Å². The molecule has 0 bridgehead atoms. The Morgan fingerprint density at radius 1 is 1.35 bits per heavy atom. The average Bonchev–Trinajstić information content (AvgIpc) is 2.60. The van der Waals surface area contributed by atoms with Crippen molar-refractivity contribution in [2.24, 2.45) is 5.92 Å². The van der Waals surface area contributed by atoms with Crippen LogP contribution >= 0.6 is 0 Å². The van der Waals surface area contributed by atoms with E-state index in [4.69, 9.17) is 4.74 Å². The maximum atomic E-state index is 12.1. The Kier molecular flexibility index (Phi) is 4.96. The Hall–Kier alpha value is -2.29. The predicted octanol–water partition coefficient (Wildman–Crippen LogP) is 3.85. The molecule has 120 valence electrons. The lowest BCUT2D eigenvalue weighted by Crippen LogP contribution is -2.39. The molecule has 0 radical (unpaired) electrons. The minimum absolute atomic E-state index is 0.219. The lowest BCUT2D eigenvalue weighted by Gasteiger charge is -2.35. The van der Waals surface area contributed by atoms with E-state index in [2.05, 4.69) is 35.7 Å². The summed E-state index contributed by atoms with van der Waals surface area (Å²) in [5, 5.41) is 3.39. The summed E-state index contributed by atoms with van der Waals surface area (Å²) in [6.07, 6.45) is 11.7. The molecule has 1 aromatic carbocycles. The number of fused-ring (bicyclic) bond motifs is 1. The number of hydrogen-bond acceptors (Lipinski definition) is 3. The number of hydrogen-bond donors (Lipinski definition) is 1. The monoisotopic (exact) mass is 309 g/mol. The van der Waals surface area contributed by atoms with Gasteiger partial charge in [0.15, 0.2) is 0 Å². The van der Waals surface area contributed by atoms with Crippen molar-refractivity contribution in [3.63, 3.8) is 0 Å². The van der Waals surface area contributed by atoms with E-state index in [0.29, 0.717) is 18.1 Å². The normalized spacial score (nSPS) is 23.5. The quantitative estimate of drug-likeness (QED) is 0.859. The van der Waals surface area contributed by atoms with Crippen LogP contribution in [-0.4, -0.2) is 18.6 Å². The minimum atomic E-state index is -0.219. The zero-order chi connectivity index (χ0) is 16.1. The summed E-state index contributed by atoms with van der Waals surface area (Å²) in [7, 11) is 0. The van der Waals surface area contributed by atoms with Crippen LogP contribution in [0.5, 0.6) is 0 Å². The number of rotatable bonds is 4. The van der Waals surface area contributed by atoms with Gasteiger partial charge < -0.3 is 10.1 Å². The van der Waals surface area contributed by atoms with Crippen LogP contribution in [0.4, 0.5) is 0 Å². The molecule has 1 N–H and O–H groups in total. The van der Waals surface area contributed by atoms with Gasteiger partial charge >= 0.3 is 5.97 Å². The SMILES string of the molecule is CCOC(=O)C1=CNC(/C=C/c2ccccc2)C2CCCC=C12. The van der Waals surface area contributed by atoms with Crippen LogP contribution in [0, 0.1) is 5.92 Å². The molecule has 0 aromatic heterocycles. The lowest BCUT2D eigenvalue weighted by molar-refractivity contribution is -0.138. The molecule has 2 atom stereocenters. The average molecular weight is 309 g/mol. The first-order chi connectivity index (χ1) is 11.3. The van der Waals surface area contributed by atoms with Gasteiger partial charge in [-0.25, -0.2) is 4.79 Å². The molecular weight excluding hydrogens is 286 g/mol. The van der Waals surface area contributed by atoms with E-state index in [1.165, 1.54) is 12.0 Å². The van der Waals surface area contributed by atoms with Crippen molar-refractivity contribution in [2.45, 2.75) is 32.2 Å². The molecule has 3 nitrogen and oxygen atoms in total. The van der Waals surface area contributed by atoms with E-state index < -0.39 is 0 Å². The molecule has 23 heavy (non-hydrogen) atoms. The fourth-order valence-corrected chi connectivity index (χ4v) is 3.32. The van der Waals surface area contributed by atoms with Gasteiger partial charge in [-0.05, 0) is 37.3 Å². The highest BCUT2D eigenvalue weighted by Crippen LogP contribution is 2.36. The van der Waals surface area contributed by atoms with E-state index in [-0.39, 0.29) is 12.0 Å². The molecule has 0 amide bonds. The number of allylic oxidation sites excluding steroid dienone is 1. The van der Waals surface area contributed by atoms with Crippen LogP contribution in [0.25, 0.3) is 6.08 Å². The third-order valence-corrected chi connectivity index (χ3v) is 4.44. The molecule has 0 fully saturated rings. The fourth-order valence-electron chi connectivity index (χ4n) is 3.32. The third-order valence-electron chi connectivity index (χ3n) is 4.44. The van der Waals surface area contributed by atoms with Crippen LogP contribution in [0.3, 0.4) is 0 Å². The summed E-state index contributed by atoms with van der Waals surface area (Å²) in [4.78, 5) is 12.1. The zero-order valence-electron chi connectivity index (χ0n) is 13.5. The highest BCUT2D eigenvalue weighted by atomic mass is 16.5. The molecule has 0 saturated heterocycles. The molecule has 1 heterocycles. The van der Waals surface area contributed by atoms with Gasteiger partial charge in [0.25, 0.3) is 0 Å². The molecule has 0 spiro atoms. The van der Waals surface area contributed by atoms with Crippen molar-refractivity contribution in [2.75, 3.05) is 6.61 Å². The van der Waals surface area contributed by atoms with Gasteiger partial charge in [-0.3, -0.25) is 0 Å². The standard InChI is InChI=1S/C20H23NO2/c1-2-23-20(22)18-14-21-19(17-11-7-6-10-16(17)18)13-12-15-8-4-3-5-9-15/h3-5,8-10,12-14,17,19,21H,2,6-7,11H2,1H3/b13-12+. The zero-order valence-corrected chi connectivity index (χ0v) is 13.5. The molecule has 1 aromatic rings. The molecule has 3 heteroatoms. The molecule has 1 aliphatic heterocycles. The topological polar surface area (TPSA) is 38.3 Å². The number of ether oxygens (including phenoxy) is 1. The number of nitrogens with one attached hydrogen (secondary N) is 1. The first-order valence-corrected chi connectivity index (χ1v) is 8.36. The maximum absolute atomic E-state index is 12.1. The minimum Gasteiger partial charge on any atom is -0.462 e. The van der Waals surface area contributed by atoms with Gasteiger partial charge in [0, 0.05) is 12.1 Å². The van der Waals surface area contributed by atoms with E-state index in [1.54, 1.807) is 0 Å². The van der Waals surface area contributed by atoms with Crippen molar-refractivity contribution in [1.29, 1.82) is 0 Å². The van der Waals surface area contributed by atoms with E-state index >= 15 is 0 Å².